The van der Waals surface area contributed by atoms with Crippen LogP contribution in [0, 0.1) is 5.92 Å². The molecule has 1 atom stereocenters. The largest absolute Gasteiger partial charge is 0.344 e. The highest BCUT2D eigenvalue weighted by molar-refractivity contribution is 7.92. The second kappa shape index (κ2) is 13.1. The van der Waals surface area contributed by atoms with E-state index < -0.39 is 10.0 Å². The predicted molar refractivity (Wildman–Crippen MR) is 146 cm³/mol. The SMILES string of the molecule is CCC(CCCc1ccccc1N(C)c1ccc(NS(C)(=O)=O)cc1)NCCC1CCCCC1. The molecule has 0 heterocycles. The van der Waals surface area contributed by atoms with Gasteiger partial charge in [0.2, 0.25) is 10.0 Å². The van der Waals surface area contributed by atoms with Crippen molar-refractivity contribution in [3.63, 3.8) is 0 Å². The van der Waals surface area contributed by atoms with E-state index in [2.05, 4.69) is 53.2 Å². The molecule has 0 radical (unpaired) electrons. The van der Waals surface area contributed by atoms with Crippen LogP contribution in [0.25, 0.3) is 0 Å². The zero-order valence-corrected chi connectivity index (χ0v) is 22.0. The summed E-state index contributed by atoms with van der Waals surface area (Å²) in [5.41, 5.74) is 4.15. The third-order valence-electron chi connectivity index (χ3n) is 7.11. The van der Waals surface area contributed by atoms with Gasteiger partial charge in [0.25, 0.3) is 0 Å². The average molecular weight is 486 g/mol. The number of sulfonamides is 1. The fourth-order valence-corrected chi connectivity index (χ4v) is 5.68. The van der Waals surface area contributed by atoms with Gasteiger partial charge in [-0.15, -0.1) is 0 Å². The van der Waals surface area contributed by atoms with Crippen LogP contribution in [0.15, 0.2) is 48.5 Å². The van der Waals surface area contributed by atoms with Crippen molar-refractivity contribution in [2.24, 2.45) is 5.92 Å². The van der Waals surface area contributed by atoms with Crippen molar-refractivity contribution in [1.29, 1.82) is 0 Å². The molecule has 2 aromatic rings. The number of benzene rings is 2. The highest BCUT2D eigenvalue weighted by atomic mass is 32.2. The highest BCUT2D eigenvalue weighted by Gasteiger charge is 2.14. The summed E-state index contributed by atoms with van der Waals surface area (Å²) in [5.74, 6) is 0.942. The molecule has 6 heteroatoms. The fraction of sp³-hybridized carbons (Fsp3) is 0.571. The number of rotatable bonds is 13. The van der Waals surface area contributed by atoms with Gasteiger partial charge in [-0.05, 0) is 80.5 Å². The van der Waals surface area contributed by atoms with E-state index in [1.165, 1.54) is 68.9 Å². The minimum Gasteiger partial charge on any atom is -0.344 e. The van der Waals surface area contributed by atoms with Crippen LogP contribution in [-0.4, -0.2) is 34.3 Å². The summed E-state index contributed by atoms with van der Waals surface area (Å²) in [5, 5.41) is 3.83. The number of nitrogens with one attached hydrogen (secondary N) is 2. The third-order valence-corrected chi connectivity index (χ3v) is 7.72. The Morgan fingerprint density at radius 1 is 1.03 bits per heavy atom. The molecule has 3 rings (SSSR count). The summed E-state index contributed by atoms with van der Waals surface area (Å²) in [4.78, 5) is 2.18. The van der Waals surface area contributed by atoms with E-state index in [1.54, 1.807) is 12.1 Å². The highest BCUT2D eigenvalue weighted by Crippen LogP contribution is 2.29. The molecule has 0 aliphatic heterocycles. The minimum atomic E-state index is -3.27. The van der Waals surface area contributed by atoms with Gasteiger partial charge in [0.05, 0.1) is 6.26 Å². The molecule has 1 saturated carbocycles. The van der Waals surface area contributed by atoms with Gasteiger partial charge in [0.1, 0.15) is 0 Å². The molecule has 0 bridgehead atoms. The first-order valence-corrected chi connectivity index (χ1v) is 14.9. The Bertz CT molecular complexity index is 969. The molecular weight excluding hydrogens is 442 g/mol. The van der Waals surface area contributed by atoms with E-state index in [0.29, 0.717) is 11.7 Å². The number of anilines is 3. The van der Waals surface area contributed by atoms with Crippen LogP contribution in [0.1, 0.15) is 70.3 Å². The van der Waals surface area contributed by atoms with Gasteiger partial charge in [-0.25, -0.2) is 8.42 Å². The molecule has 2 aromatic carbocycles. The number of hydrogen-bond donors (Lipinski definition) is 2. The molecule has 1 fully saturated rings. The van der Waals surface area contributed by atoms with Crippen molar-refractivity contribution in [2.75, 3.05) is 29.5 Å². The van der Waals surface area contributed by atoms with Gasteiger partial charge in [0.15, 0.2) is 0 Å². The smallest absolute Gasteiger partial charge is 0.229 e. The van der Waals surface area contributed by atoms with Crippen molar-refractivity contribution in [3.05, 3.63) is 54.1 Å². The molecule has 0 amide bonds. The molecular formula is C28H43N3O2S. The maximum Gasteiger partial charge on any atom is 0.229 e. The zero-order chi connectivity index (χ0) is 24.4. The first-order chi connectivity index (χ1) is 16.4. The summed E-state index contributed by atoms with van der Waals surface area (Å²) < 4.78 is 25.4. The van der Waals surface area contributed by atoms with Crippen LogP contribution < -0.4 is 14.9 Å². The van der Waals surface area contributed by atoms with Crippen LogP contribution in [0.2, 0.25) is 0 Å². The van der Waals surface area contributed by atoms with Crippen molar-refractivity contribution in [1.82, 2.24) is 5.32 Å². The summed E-state index contributed by atoms with van der Waals surface area (Å²) in [7, 11) is -1.20. The van der Waals surface area contributed by atoms with E-state index in [0.717, 1.165) is 31.0 Å². The summed E-state index contributed by atoms with van der Waals surface area (Å²) >= 11 is 0. The van der Waals surface area contributed by atoms with E-state index in [9.17, 15) is 8.42 Å². The maximum atomic E-state index is 11.5. The molecule has 1 unspecified atom stereocenters. The first-order valence-electron chi connectivity index (χ1n) is 13.0. The average Bonchev–Trinajstić information content (AvgIpc) is 2.83. The molecule has 188 valence electrons. The summed E-state index contributed by atoms with van der Waals surface area (Å²) in [6, 6.07) is 16.7. The van der Waals surface area contributed by atoms with Gasteiger partial charge >= 0.3 is 0 Å². The van der Waals surface area contributed by atoms with E-state index in [-0.39, 0.29) is 0 Å². The van der Waals surface area contributed by atoms with E-state index in [4.69, 9.17) is 0 Å². The normalized spacial score (nSPS) is 15.7. The van der Waals surface area contributed by atoms with Crippen LogP contribution in [0.4, 0.5) is 17.1 Å². The Morgan fingerprint density at radius 3 is 2.41 bits per heavy atom. The molecule has 2 N–H and O–H groups in total. The molecule has 1 aliphatic carbocycles. The standard InChI is InChI=1S/C28H43N3O2S/c1-4-25(29-22-21-23-11-6-5-7-12-23)15-10-14-24-13-8-9-16-28(24)31(2)27-19-17-26(18-20-27)30-34(3,32)33/h8-9,13,16-20,23,25,29-30H,4-7,10-12,14-15,21-22H2,1-3H3. The Labute approximate surface area is 207 Å². The summed E-state index contributed by atoms with van der Waals surface area (Å²) in [6.07, 6.45) is 14.2. The zero-order valence-electron chi connectivity index (χ0n) is 21.2. The Balaban J connectivity index is 1.52. The van der Waals surface area contributed by atoms with Gasteiger partial charge < -0.3 is 10.2 Å². The van der Waals surface area contributed by atoms with Crippen LogP contribution in [-0.2, 0) is 16.4 Å². The molecule has 0 spiro atoms. The Hall–Kier alpha value is -2.05. The van der Waals surface area contributed by atoms with Crippen molar-refractivity contribution < 1.29 is 8.42 Å². The predicted octanol–water partition coefficient (Wildman–Crippen LogP) is 6.49. The van der Waals surface area contributed by atoms with Crippen molar-refractivity contribution >= 4 is 27.1 Å². The number of para-hydroxylation sites is 1. The minimum absolute atomic E-state index is 0.578. The van der Waals surface area contributed by atoms with Gasteiger partial charge in [-0.1, -0.05) is 57.2 Å². The fourth-order valence-electron chi connectivity index (χ4n) is 5.11. The van der Waals surface area contributed by atoms with Crippen LogP contribution in [0.3, 0.4) is 0 Å². The number of hydrogen-bond acceptors (Lipinski definition) is 4. The van der Waals surface area contributed by atoms with Crippen molar-refractivity contribution in [3.8, 4) is 0 Å². The Morgan fingerprint density at radius 2 is 1.74 bits per heavy atom. The lowest BCUT2D eigenvalue weighted by Gasteiger charge is -2.24. The Kier molecular flexibility index (Phi) is 10.3. The molecule has 0 aromatic heterocycles. The van der Waals surface area contributed by atoms with Gasteiger partial charge in [-0.2, -0.15) is 0 Å². The van der Waals surface area contributed by atoms with Gasteiger partial charge in [0, 0.05) is 30.2 Å². The molecule has 34 heavy (non-hydrogen) atoms. The second-order valence-electron chi connectivity index (χ2n) is 9.85. The first kappa shape index (κ1) is 26.6. The third kappa shape index (κ3) is 8.62. The molecule has 1 aliphatic rings. The quantitative estimate of drug-likeness (QED) is 0.340. The lowest BCUT2D eigenvalue weighted by Crippen LogP contribution is -2.30. The second-order valence-corrected chi connectivity index (χ2v) is 11.6. The van der Waals surface area contributed by atoms with Crippen molar-refractivity contribution in [2.45, 2.75) is 77.2 Å². The topological polar surface area (TPSA) is 61.4 Å². The lowest BCUT2D eigenvalue weighted by atomic mass is 9.87. The monoisotopic (exact) mass is 485 g/mol. The van der Waals surface area contributed by atoms with Crippen LogP contribution in [0.5, 0.6) is 0 Å². The molecule has 0 saturated heterocycles. The summed E-state index contributed by atoms with van der Waals surface area (Å²) in [6.45, 7) is 3.45. The van der Waals surface area contributed by atoms with E-state index in [1.807, 2.05) is 12.1 Å². The number of aryl methyl sites for hydroxylation is 1. The maximum absolute atomic E-state index is 11.5. The number of nitrogens with zero attached hydrogens (tertiary/aromatic N) is 1. The molecule has 5 nitrogen and oxygen atoms in total. The van der Waals surface area contributed by atoms with Gasteiger partial charge in [-0.3, -0.25) is 4.72 Å². The van der Waals surface area contributed by atoms with E-state index >= 15 is 0 Å². The lowest BCUT2D eigenvalue weighted by molar-refractivity contribution is 0.323. The van der Waals surface area contributed by atoms with Crippen LogP contribution >= 0.6 is 0 Å².